The Morgan fingerprint density at radius 3 is 2.66 bits per heavy atom. The summed E-state index contributed by atoms with van der Waals surface area (Å²) in [6.07, 6.45) is 1.92. The number of halogens is 1. The summed E-state index contributed by atoms with van der Waals surface area (Å²) in [4.78, 5) is 32.8. The van der Waals surface area contributed by atoms with Crippen LogP contribution in [0.5, 0.6) is 0 Å². The summed E-state index contributed by atoms with van der Waals surface area (Å²) in [7, 11) is 1.61. The molecule has 2 atom stereocenters. The fourth-order valence-electron chi connectivity index (χ4n) is 4.97. The Morgan fingerprint density at radius 1 is 1.09 bits per heavy atom. The quantitative estimate of drug-likeness (QED) is 0.330. The van der Waals surface area contributed by atoms with Gasteiger partial charge >= 0.3 is 0 Å². The second-order valence-corrected chi connectivity index (χ2v) is 9.65. The molecule has 7 heteroatoms. The molecule has 4 aromatic rings. The number of aromatic amines is 1. The van der Waals surface area contributed by atoms with Gasteiger partial charge in [-0.05, 0) is 48.4 Å². The number of nitrogens with zero attached hydrogens (tertiary/aromatic N) is 1. The minimum absolute atomic E-state index is 0.100. The number of para-hydroxylation sites is 1. The Morgan fingerprint density at radius 2 is 1.86 bits per heavy atom. The van der Waals surface area contributed by atoms with Crippen molar-refractivity contribution < 1.29 is 14.3 Å². The average molecular weight is 532 g/mol. The Kier molecular flexibility index (Phi) is 6.45. The lowest BCUT2D eigenvalue weighted by Gasteiger charge is -2.41. The number of carbonyl (C=O) groups is 2. The number of aryl methyl sites for hydroxylation is 1. The third kappa shape index (κ3) is 4.26. The standard InChI is InChI=1S/C28H26BrN3O3/c1-17-15-18(29)11-12-23(17)31-27(33)25-20-8-3-4-9-21(20)28(34)32(13-14-35-2)26(25)22-16-30-24-10-6-5-7-19(22)24/h3-12,15-16,25-26,30H,13-14H2,1-2H3,(H,31,33). The highest BCUT2D eigenvalue weighted by Crippen LogP contribution is 2.45. The van der Waals surface area contributed by atoms with Crippen molar-refractivity contribution in [2.75, 3.05) is 25.6 Å². The molecule has 35 heavy (non-hydrogen) atoms. The van der Waals surface area contributed by atoms with E-state index in [9.17, 15) is 9.59 Å². The molecule has 2 unspecified atom stereocenters. The molecule has 0 saturated carbocycles. The van der Waals surface area contributed by atoms with Crippen LogP contribution < -0.4 is 5.32 Å². The third-order valence-corrected chi connectivity index (χ3v) is 7.14. The molecule has 0 saturated heterocycles. The van der Waals surface area contributed by atoms with Crippen molar-refractivity contribution in [1.82, 2.24) is 9.88 Å². The van der Waals surface area contributed by atoms with E-state index in [1.165, 1.54) is 0 Å². The van der Waals surface area contributed by atoms with Crippen LogP contribution in [0.2, 0.25) is 0 Å². The lowest BCUT2D eigenvalue weighted by molar-refractivity contribution is -0.119. The van der Waals surface area contributed by atoms with Crippen molar-refractivity contribution in [1.29, 1.82) is 0 Å². The number of hydrogen-bond acceptors (Lipinski definition) is 3. The summed E-state index contributed by atoms with van der Waals surface area (Å²) < 4.78 is 6.29. The molecular weight excluding hydrogens is 506 g/mol. The first kappa shape index (κ1) is 23.3. The van der Waals surface area contributed by atoms with E-state index in [-0.39, 0.29) is 11.8 Å². The molecule has 1 aliphatic rings. The Bertz CT molecular complexity index is 1410. The smallest absolute Gasteiger partial charge is 0.254 e. The van der Waals surface area contributed by atoms with Gasteiger partial charge in [0.05, 0.1) is 18.6 Å². The van der Waals surface area contributed by atoms with Crippen LogP contribution in [0.1, 0.15) is 39.0 Å². The number of fused-ring (bicyclic) bond motifs is 2. The third-order valence-electron chi connectivity index (χ3n) is 6.64. The second kappa shape index (κ2) is 9.68. The molecule has 0 spiro atoms. The normalized spacial score (nSPS) is 17.5. The maximum absolute atomic E-state index is 14.0. The molecule has 0 bridgehead atoms. The molecule has 2 amide bonds. The van der Waals surface area contributed by atoms with Gasteiger partial charge in [0.1, 0.15) is 0 Å². The van der Waals surface area contributed by atoms with Crippen LogP contribution in [0.25, 0.3) is 10.9 Å². The number of hydrogen-bond donors (Lipinski definition) is 2. The highest BCUT2D eigenvalue weighted by Gasteiger charge is 2.44. The monoisotopic (exact) mass is 531 g/mol. The van der Waals surface area contributed by atoms with Crippen LogP contribution in [0, 0.1) is 6.92 Å². The highest BCUT2D eigenvalue weighted by atomic mass is 79.9. The molecule has 1 aromatic heterocycles. The van der Waals surface area contributed by atoms with Gasteiger partial charge in [-0.15, -0.1) is 0 Å². The van der Waals surface area contributed by atoms with Crippen LogP contribution in [0.3, 0.4) is 0 Å². The number of H-pyrrole nitrogens is 1. The minimum Gasteiger partial charge on any atom is -0.383 e. The van der Waals surface area contributed by atoms with Gasteiger partial charge in [0, 0.05) is 52.0 Å². The second-order valence-electron chi connectivity index (χ2n) is 8.74. The summed E-state index contributed by atoms with van der Waals surface area (Å²) in [5.74, 6) is -0.868. The summed E-state index contributed by atoms with van der Waals surface area (Å²) >= 11 is 3.49. The Balaban J connectivity index is 1.67. The number of methoxy groups -OCH3 is 1. The van der Waals surface area contributed by atoms with Crippen molar-refractivity contribution in [3.63, 3.8) is 0 Å². The van der Waals surface area contributed by atoms with Gasteiger partial charge in [-0.1, -0.05) is 52.3 Å². The molecule has 0 aliphatic carbocycles. The van der Waals surface area contributed by atoms with Crippen LogP contribution in [0.4, 0.5) is 5.69 Å². The van der Waals surface area contributed by atoms with Crippen LogP contribution in [0.15, 0.2) is 77.4 Å². The van der Waals surface area contributed by atoms with Gasteiger partial charge in [-0.3, -0.25) is 9.59 Å². The molecule has 1 aliphatic heterocycles. The first-order chi connectivity index (χ1) is 17.0. The summed E-state index contributed by atoms with van der Waals surface area (Å²) in [5, 5.41) is 4.13. The van der Waals surface area contributed by atoms with E-state index in [1.54, 1.807) is 18.1 Å². The lowest BCUT2D eigenvalue weighted by Crippen LogP contribution is -2.47. The van der Waals surface area contributed by atoms with E-state index < -0.39 is 12.0 Å². The number of amides is 2. The fourth-order valence-corrected chi connectivity index (χ4v) is 5.45. The lowest BCUT2D eigenvalue weighted by atomic mass is 9.79. The van der Waals surface area contributed by atoms with Gasteiger partial charge in [-0.25, -0.2) is 0 Å². The van der Waals surface area contributed by atoms with Crippen LogP contribution >= 0.6 is 15.9 Å². The SMILES string of the molecule is COCCN1C(=O)c2ccccc2C(C(=O)Nc2ccc(Br)cc2C)C1c1c[nH]c2ccccc12. The van der Waals surface area contributed by atoms with Gasteiger partial charge in [0.25, 0.3) is 5.91 Å². The Hall–Kier alpha value is -3.42. The largest absolute Gasteiger partial charge is 0.383 e. The van der Waals surface area contributed by atoms with Crippen molar-refractivity contribution in [3.05, 3.63) is 99.7 Å². The van der Waals surface area contributed by atoms with Gasteiger partial charge in [0.2, 0.25) is 5.91 Å². The molecule has 2 N–H and O–H groups in total. The van der Waals surface area contributed by atoms with E-state index >= 15 is 0 Å². The molecular formula is C28H26BrN3O3. The van der Waals surface area contributed by atoms with Crippen LogP contribution in [-0.4, -0.2) is 42.0 Å². The molecule has 6 nitrogen and oxygen atoms in total. The zero-order valence-electron chi connectivity index (χ0n) is 19.5. The predicted molar refractivity (Wildman–Crippen MR) is 141 cm³/mol. The maximum atomic E-state index is 14.0. The topological polar surface area (TPSA) is 74.4 Å². The first-order valence-electron chi connectivity index (χ1n) is 11.5. The van der Waals surface area contributed by atoms with E-state index in [0.717, 1.165) is 37.8 Å². The molecule has 178 valence electrons. The number of nitrogens with one attached hydrogen (secondary N) is 2. The van der Waals surface area contributed by atoms with E-state index in [0.29, 0.717) is 18.7 Å². The summed E-state index contributed by atoms with van der Waals surface area (Å²) in [6, 6.07) is 20.6. The molecule has 5 rings (SSSR count). The van der Waals surface area contributed by atoms with Crippen molar-refractivity contribution in [3.8, 4) is 0 Å². The van der Waals surface area contributed by atoms with E-state index in [4.69, 9.17) is 4.74 Å². The molecule has 0 radical (unpaired) electrons. The zero-order chi connectivity index (χ0) is 24.5. The van der Waals surface area contributed by atoms with Gasteiger partial charge in [0.15, 0.2) is 0 Å². The number of ether oxygens (including phenoxy) is 1. The number of anilines is 1. The van der Waals surface area contributed by atoms with Crippen LogP contribution in [-0.2, 0) is 9.53 Å². The van der Waals surface area contributed by atoms with Gasteiger partial charge < -0.3 is 19.9 Å². The van der Waals surface area contributed by atoms with Crippen molar-refractivity contribution >= 4 is 44.3 Å². The maximum Gasteiger partial charge on any atom is 0.254 e. The zero-order valence-corrected chi connectivity index (χ0v) is 21.1. The number of rotatable bonds is 6. The fraction of sp³-hybridized carbons (Fsp3) is 0.214. The van der Waals surface area contributed by atoms with Crippen molar-refractivity contribution in [2.45, 2.75) is 18.9 Å². The number of benzene rings is 3. The predicted octanol–water partition coefficient (Wildman–Crippen LogP) is 5.80. The molecule has 0 fully saturated rings. The average Bonchev–Trinajstić information content (AvgIpc) is 3.29. The number of carbonyl (C=O) groups excluding carboxylic acids is 2. The first-order valence-corrected chi connectivity index (χ1v) is 12.3. The number of aromatic nitrogens is 1. The highest BCUT2D eigenvalue weighted by molar-refractivity contribution is 9.10. The van der Waals surface area contributed by atoms with E-state index in [2.05, 4.69) is 26.2 Å². The molecule has 3 aromatic carbocycles. The van der Waals surface area contributed by atoms with Gasteiger partial charge in [-0.2, -0.15) is 0 Å². The summed E-state index contributed by atoms with van der Waals surface area (Å²) in [6.45, 7) is 2.70. The molecule has 2 heterocycles. The van der Waals surface area contributed by atoms with Crippen molar-refractivity contribution in [2.24, 2.45) is 0 Å². The van der Waals surface area contributed by atoms with E-state index in [1.807, 2.05) is 73.8 Å². The Labute approximate surface area is 212 Å². The summed E-state index contributed by atoms with van der Waals surface area (Å²) in [5.41, 5.74) is 4.85. The minimum atomic E-state index is -0.608.